The first-order valence-electron chi connectivity index (χ1n) is 7.44. The first-order valence-corrected chi connectivity index (χ1v) is 7.44. The fraction of sp³-hybridized carbons (Fsp3) is 0.278. The maximum absolute atomic E-state index is 12.1. The molecular formula is C18H20N2O2. The summed E-state index contributed by atoms with van der Waals surface area (Å²) in [5.74, 6) is 0.843. The monoisotopic (exact) mass is 296 g/mol. The average Bonchev–Trinajstić information content (AvgIpc) is 2.95. The second-order valence-electron chi connectivity index (χ2n) is 5.50. The molecule has 1 aliphatic rings. The highest BCUT2D eigenvalue weighted by atomic mass is 16.5. The number of ether oxygens (including phenoxy) is 1. The summed E-state index contributed by atoms with van der Waals surface area (Å²) >= 11 is 0. The number of nitrogens with one attached hydrogen (secondary N) is 1. The van der Waals surface area contributed by atoms with Crippen LogP contribution in [0.3, 0.4) is 0 Å². The van der Waals surface area contributed by atoms with Crippen molar-refractivity contribution in [1.82, 2.24) is 10.2 Å². The lowest BCUT2D eigenvalue weighted by Gasteiger charge is -2.15. The summed E-state index contributed by atoms with van der Waals surface area (Å²) in [5.41, 5.74) is 3.63. The molecule has 22 heavy (non-hydrogen) atoms. The van der Waals surface area contributed by atoms with Crippen LogP contribution in [0.15, 0.2) is 48.5 Å². The third-order valence-electron chi connectivity index (χ3n) is 3.94. The van der Waals surface area contributed by atoms with E-state index in [1.165, 1.54) is 11.1 Å². The van der Waals surface area contributed by atoms with Crippen LogP contribution in [0, 0.1) is 0 Å². The third kappa shape index (κ3) is 3.28. The van der Waals surface area contributed by atoms with Gasteiger partial charge in [-0.25, -0.2) is 0 Å². The largest absolute Gasteiger partial charge is 0.496 e. The van der Waals surface area contributed by atoms with Crippen LogP contribution in [0.5, 0.6) is 5.75 Å². The standard InChI is InChI=1S/C18H20N2O2/c1-22-17-9-5-4-6-14(17)10-19-18(21)13-20-11-15-7-2-3-8-16(15)12-20/h2-9H,10-13H2,1H3,(H,19,21). The van der Waals surface area contributed by atoms with Crippen LogP contribution in [0.2, 0.25) is 0 Å². The first kappa shape index (κ1) is 14.6. The number of carbonyl (C=O) groups excluding carboxylic acids is 1. The number of para-hydroxylation sites is 1. The zero-order valence-electron chi connectivity index (χ0n) is 12.7. The molecule has 0 saturated heterocycles. The minimum absolute atomic E-state index is 0.0405. The Kier molecular flexibility index (Phi) is 4.39. The molecule has 114 valence electrons. The molecule has 0 aliphatic carbocycles. The van der Waals surface area contributed by atoms with Crippen molar-refractivity contribution in [2.45, 2.75) is 19.6 Å². The van der Waals surface area contributed by atoms with Crippen molar-refractivity contribution in [3.05, 3.63) is 65.2 Å². The first-order chi connectivity index (χ1) is 10.8. The van der Waals surface area contributed by atoms with Gasteiger partial charge in [0.15, 0.2) is 0 Å². The fourth-order valence-corrected chi connectivity index (χ4v) is 2.82. The molecular weight excluding hydrogens is 276 g/mol. The van der Waals surface area contributed by atoms with E-state index in [0.717, 1.165) is 24.4 Å². The number of amides is 1. The van der Waals surface area contributed by atoms with E-state index >= 15 is 0 Å². The third-order valence-corrected chi connectivity index (χ3v) is 3.94. The summed E-state index contributed by atoms with van der Waals surface area (Å²) in [6.07, 6.45) is 0. The van der Waals surface area contributed by atoms with E-state index in [-0.39, 0.29) is 5.91 Å². The summed E-state index contributed by atoms with van der Waals surface area (Å²) in [4.78, 5) is 14.3. The van der Waals surface area contributed by atoms with Crippen molar-refractivity contribution in [3.8, 4) is 5.75 Å². The Morgan fingerprint density at radius 2 is 1.73 bits per heavy atom. The molecule has 0 atom stereocenters. The van der Waals surface area contributed by atoms with Gasteiger partial charge in [-0.05, 0) is 17.2 Å². The van der Waals surface area contributed by atoms with Gasteiger partial charge < -0.3 is 10.1 Å². The number of nitrogens with zero attached hydrogens (tertiary/aromatic N) is 1. The van der Waals surface area contributed by atoms with E-state index in [4.69, 9.17) is 4.74 Å². The van der Waals surface area contributed by atoms with Crippen LogP contribution >= 0.6 is 0 Å². The van der Waals surface area contributed by atoms with Crippen LogP contribution in [0.1, 0.15) is 16.7 Å². The van der Waals surface area contributed by atoms with Gasteiger partial charge in [-0.1, -0.05) is 42.5 Å². The molecule has 1 N–H and O–H groups in total. The van der Waals surface area contributed by atoms with Crippen molar-refractivity contribution in [2.75, 3.05) is 13.7 Å². The lowest BCUT2D eigenvalue weighted by Crippen LogP contribution is -2.34. The Balaban J connectivity index is 1.52. The average molecular weight is 296 g/mol. The van der Waals surface area contributed by atoms with Gasteiger partial charge in [0.25, 0.3) is 0 Å². The molecule has 0 spiro atoms. The molecule has 1 amide bonds. The molecule has 1 heterocycles. The Morgan fingerprint density at radius 3 is 2.41 bits per heavy atom. The quantitative estimate of drug-likeness (QED) is 0.920. The summed E-state index contributed by atoms with van der Waals surface area (Å²) < 4.78 is 5.29. The minimum atomic E-state index is 0.0405. The van der Waals surface area contributed by atoms with Crippen molar-refractivity contribution in [2.24, 2.45) is 0 Å². The number of rotatable bonds is 5. The fourth-order valence-electron chi connectivity index (χ4n) is 2.82. The van der Waals surface area contributed by atoms with Gasteiger partial charge in [0.2, 0.25) is 5.91 Å². The van der Waals surface area contributed by atoms with E-state index in [0.29, 0.717) is 13.1 Å². The van der Waals surface area contributed by atoms with Crippen molar-refractivity contribution >= 4 is 5.91 Å². The highest BCUT2D eigenvalue weighted by Gasteiger charge is 2.20. The molecule has 0 radical (unpaired) electrons. The number of methoxy groups -OCH3 is 1. The van der Waals surface area contributed by atoms with Gasteiger partial charge in [-0.15, -0.1) is 0 Å². The molecule has 0 saturated carbocycles. The number of benzene rings is 2. The Labute approximate surface area is 130 Å². The predicted molar refractivity (Wildman–Crippen MR) is 85.4 cm³/mol. The molecule has 1 aliphatic heterocycles. The molecule has 4 heteroatoms. The number of fused-ring (bicyclic) bond motifs is 1. The van der Waals surface area contributed by atoms with E-state index in [1.54, 1.807) is 7.11 Å². The van der Waals surface area contributed by atoms with E-state index in [1.807, 2.05) is 36.4 Å². The number of hydrogen-bond acceptors (Lipinski definition) is 3. The topological polar surface area (TPSA) is 41.6 Å². The second-order valence-corrected chi connectivity index (χ2v) is 5.50. The molecule has 0 bridgehead atoms. The molecule has 3 rings (SSSR count). The Morgan fingerprint density at radius 1 is 1.09 bits per heavy atom. The van der Waals surface area contributed by atoms with E-state index < -0.39 is 0 Å². The minimum Gasteiger partial charge on any atom is -0.496 e. The summed E-state index contributed by atoms with van der Waals surface area (Å²) in [5, 5.41) is 2.97. The van der Waals surface area contributed by atoms with Gasteiger partial charge in [0.1, 0.15) is 5.75 Å². The Hall–Kier alpha value is -2.33. The van der Waals surface area contributed by atoms with Crippen molar-refractivity contribution in [3.63, 3.8) is 0 Å². The van der Waals surface area contributed by atoms with Crippen molar-refractivity contribution < 1.29 is 9.53 Å². The van der Waals surface area contributed by atoms with E-state index in [9.17, 15) is 4.79 Å². The maximum Gasteiger partial charge on any atom is 0.234 e. The Bertz CT molecular complexity index is 645. The van der Waals surface area contributed by atoms with Gasteiger partial charge in [-0.3, -0.25) is 9.69 Å². The van der Waals surface area contributed by atoms with Crippen molar-refractivity contribution in [1.29, 1.82) is 0 Å². The van der Waals surface area contributed by atoms with Gasteiger partial charge in [0, 0.05) is 25.2 Å². The smallest absolute Gasteiger partial charge is 0.234 e. The number of carbonyl (C=O) groups is 1. The van der Waals surface area contributed by atoms with E-state index in [2.05, 4.69) is 22.3 Å². The summed E-state index contributed by atoms with van der Waals surface area (Å²) in [6, 6.07) is 16.1. The zero-order chi connectivity index (χ0) is 15.4. The second kappa shape index (κ2) is 6.62. The highest BCUT2D eigenvalue weighted by molar-refractivity contribution is 5.78. The highest BCUT2D eigenvalue weighted by Crippen LogP contribution is 2.21. The predicted octanol–water partition coefficient (Wildman–Crippen LogP) is 2.33. The van der Waals surface area contributed by atoms with Crippen LogP contribution in [0.4, 0.5) is 0 Å². The normalized spacial score (nSPS) is 13.7. The maximum atomic E-state index is 12.1. The molecule has 0 aromatic heterocycles. The zero-order valence-corrected chi connectivity index (χ0v) is 12.7. The number of hydrogen-bond donors (Lipinski definition) is 1. The summed E-state index contributed by atoms with van der Waals surface area (Å²) in [7, 11) is 1.64. The lowest BCUT2D eigenvalue weighted by molar-refractivity contribution is -0.122. The van der Waals surface area contributed by atoms with Gasteiger partial charge >= 0.3 is 0 Å². The summed E-state index contributed by atoms with van der Waals surface area (Å²) in [6.45, 7) is 2.60. The van der Waals surface area contributed by atoms with Crippen LogP contribution in [0.25, 0.3) is 0 Å². The van der Waals surface area contributed by atoms with Gasteiger partial charge in [0.05, 0.1) is 13.7 Å². The van der Waals surface area contributed by atoms with Crippen LogP contribution < -0.4 is 10.1 Å². The molecule has 0 unspecified atom stereocenters. The SMILES string of the molecule is COc1ccccc1CNC(=O)CN1Cc2ccccc2C1. The molecule has 4 nitrogen and oxygen atoms in total. The van der Waals surface area contributed by atoms with Crippen LogP contribution in [-0.2, 0) is 24.4 Å². The van der Waals surface area contributed by atoms with Gasteiger partial charge in [-0.2, -0.15) is 0 Å². The molecule has 2 aromatic carbocycles. The molecule has 2 aromatic rings. The molecule has 0 fully saturated rings. The lowest BCUT2D eigenvalue weighted by atomic mass is 10.1. The van der Waals surface area contributed by atoms with Crippen LogP contribution in [-0.4, -0.2) is 24.5 Å².